The molecule has 2 N–H and O–H groups in total. The Balaban J connectivity index is 2.07. The lowest BCUT2D eigenvalue weighted by Crippen LogP contribution is -2.40. The first-order valence-corrected chi connectivity index (χ1v) is 7.61. The Morgan fingerprint density at radius 3 is 2.76 bits per heavy atom. The van der Waals surface area contributed by atoms with Gasteiger partial charge in [-0.15, -0.1) is 0 Å². The van der Waals surface area contributed by atoms with E-state index >= 15 is 0 Å². The maximum absolute atomic E-state index is 12.4. The van der Waals surface area contributed by atoms with Gasteiger partial charge in [-0.1, -0.05) is 37.8 Å². The summed E-state index contributed by atoms with van der Waals surface area (Å²) in [5, 5.41) is 11.9. The molecule has 0 aromatic heterocycles. The quantitative estimate of drug-likeness (QED) is 0.821. The number of rotatable bonds is 2. The number of amides is 1. The molecule has 3 atom stereocenters. The lowest BCUT2D eigenvalue weighted by molar-refractivity contribution is 0.0910. The van der Waals surface area contributed by atoms with E-state index in [1.54, 1.807) is 6.07 Å². The maximum Gasteiger partial charge on any atom is 0.252 e. The van der Waals surface area contributed by atoms with Crippen molar-refractivity contribution in [3.63, 3.8) is 0 Å². The molecule has 21 heavy (non-hydrogen) atoms. The molecule has 3 heteroatoms. The van der Waals surface area contributed by atoms with Crippen molar-refractivity contribution in [2.24, 2.45) is 11.8 Å². The highest BCUT2D eigenvalue weighted by Crippen LogP contribution is 2.29. The molecule has 1 saturated carbocycles. The molecule has 112 valence electrons. The molecule has 0 bridgehead atoms. The zero-order valence-corrected chi connectivity index (χ0v) is 12.7. The highest BCUT2D eigenvalue weighted by molar-refractivity contribution is 5.96. The average molecular weight is 285 g/mol. The first kappa shape index (κ1) is 15.6. The van der Waals surface area contributed by atoms with Crippen LogP contribution >= 0.6 is 0 Å². The molecule has 0 aliphatic heterocycles. The molecule has 3 nitrogen and oxygen atoms in total. The van der Waals surface area contributed by atoms with Gasteiger partial charge in [0.25, 0.3) is 5.91 Å². The summed E-state index contributed by atoms with van der Waals surface area (Å²) >= 11 is 0. The molecule has 1 amide bonds. The Morgan fingerprint density at radius 2 is 2.05 bits per heavy atom. The highest BCUT2D eigenvalue weighted by atomic mass is 16.2. The van der Waals surface area contributed by atoms with E-state index < -0.39 is 0 Å². The zero-order valence-electron chi connectivity index (χ0n) is 12.7. The average Bonchev–Trinajstić information content (AvgIpc) is 2.49. The van der Waals surface area contributed by atoms with E-state index in [1.807, 2.05) is 18.2 Å². The third kappa shape index (κ3) is 4.09. The molecule has 1 fully saturated rings. The van der Waals surface area contributed by atoms with Crippen LogP contribution < -0.4 is 5.32 Å². The molecule has 0 heterocycles. The predicted octanol–water partition coefficient (Wildman–Crippen LogP) is 2.58. The van der Waals surface area contributed by atoms with Crippen molar-refractivity contribution in [2.75, 3.05) is 6.61 Å². The van der Waals surface area contributed by atoms with Gasteiger partial charge in [0.2, 0.25) is 0 Å². The number of hydrogen-bond acceptors (Lipinski definition) is 2. The standard InChI is InChI=1S/C18H23NO2/c1-13-9-10-16(12-14(13)2)19-18(21)17-8-4-3-6-15(17)7-5-11-20/h3-4,6,8,13-14,16,20H,9-12H2,1-2H3,(H,19,21). The third-order valence-corrected chi connectivity index (χ3v) is 4.41. The van der Waals surface area contributed by atoms with Crippen LogP contribution in [0.1, 0.15) is 49.0 Å². The molecule has 3 unspecified atom stereocenters. The van der Waals surface area contributed by atoms with Gasteiger partial charge in [-0.25, -0.2) is 0 Å². The molecular formula is C18H23NO2. The molecular weight excluding hydrogens is 262 g/mol. The second-order valence-electron chi connectivity index (χ2n) is 5.94. The van der Waals surface area contributed by atoms with E-state index in [0.717, 1.165) is 25.2 Å². The number of nitrogens with one attached hydrogen (secondary N) is 1. The van der Waals surface area contributed by atoms with Gasteiger partial charge in [0.1, 0.15) is 6.61 Å². The van der Waals surface area contributed by atoms with Gasteiger partial charge in [0.05, 0.1) is 5.56 Å². The lowest BCUT2D eigenvalue weighted by Gasteiger charge is -2.32. The van der Waals surface area contributed by atoms with Crippen LogP contribution in [0.2, 0.25) is 0 Å². The number of aliphatic hydroxyl groups excluding tert-OH is 1. The Morgan fingerprint density at radius 1 is 1.29 bits per heavy atom. The summed E-state index contributed by atoms with van der Waals surface area (Å²) in [6.07, 6.45) is 3.25. The first-order valence-electron chi connectivity index (χ1n) is 7.61. The summed E-state index contributed by atoms with van der Waals surface area (Å²) in [5.41, 5.74) is 1.26. The Labute approximate surface area is 126 Å². The van der Waals surface area contributed by atoms with E-state index in [-0.39, 0.29) is 18.6 Å². The lowest BCUT2D eigenvalue weighted by atomic mass is 9.79. The predicted molar refractivity (Wildman–Crippen MR) is 83.8 cm³/mol. The number of benzene rings is 1. The molecule has 0 radical (unpaired) electrons. The van der Waals surface area contributed by atoms with E-state index in [1.165, 1.54) is 0 Å². The van der Waals surface area contributed by atoms with Gasteiger partial charge in [0, 0.05) is 11.6 Å². The second-order valence-corrected chi connectivity index (χ2v) is 5.94. The number of carbonyl (C=O) groups is 1. The minimum atomic E-state index is -0.200. The molecule has 0 spiro atoms. The van der Waals surface area contributed by atoms with Crippen molar-refractivity contribution in [3.8, 4) is 11.8 Å². The molecule has 1 aromatic carbocycles. The third-order valence-electron chi connectivity index (χ3n) is 4.41. The van der Waals surface area contributed by atoms with Crippen LogP contribution in [0.25, 0.3) is 0 Å². The summed E-state index contributed by atoms with van der Waals surface area (Å²) in [5.74, 6) is 6.76. The van der Waals surface area contributed by atoms with Crippen LogP contribution in [-0.4, -0.2) is 23.7 Å². The zero-order chi connectivity index (χ0) is 15.2. The number of hydrogen-bond donors (Lipinski definition) is 2. The van der Waals surface area contributed by atoms with E-state index in [4.69, 9.17) is 5.11 Å². The van der Waals surface area contributed by atoms with Crippen molar-refractivity contribution < 1.29 is 9.90 Å². The number of carbonyl (C=O) groups excluding carboxylic acids is 1. The smallest absolute Gasteiger partial charge is 0.252 e. The van der Waals surface area contributed by atoms with Gasteiger partial charge in [0.15, 0.2) is 0 Å². The van der Waals surface area contributed by atoms with Crippen molar-refractivity contribution in [3.05, 3.63) is 35.4 Å². The normalized spacial score (nSPS) is 24.8. The van der Waals surface area contributed by atoms with Gasteiger partial charge < -0.3 is 10.4 Å². The van der Waals surface area contributed by atoms with E-state index in [2.05, 4.69) is 31.0 Å². The minimum Gasteiger partial charge on any atom is -0.384 e. The Hall–Kier alpha value is -1.79. The minimum absolute atomic E-state index is 0.0652. The molecule has 1 aromatic rings. The fourth-order valence-corrected chi connectivity index (χ4v) is 2.87. The van der Waals surface area contributed by atoms with Crippen molar-refractivity contribution in [2.45, 2.75) is 39.2 Å². The molecule has 1 aliphatic rings. The van der Waals surface area contributed by atoms with Gasteiger partial charge in [-0.05, 0) is 43.2 Å². The van der Waals surface area contributed by atoms with E-state index in [0.29, 0.717) is 17.0 Å². The summed E-state index contributed by atoms with van der Waals surface area (Å²) in [4.78, 5) is 12.4. The van der Waals surface area contributed by atoms with Crippen LogP contribution in [0.15, 0.2) is 24.3 Å². The van der Waals surface area contributed by atoms with Gasteiger partial charge in [-0.2, -0.15) is 0 Å². The fraction of sp³-hybridized carbons (Fsp3) is 0.500. The van der Waals surface area contributed by atoms with E-state index in [9.17, 15) is 4.79 Å². The maximum atomic E-state index is 12.4. The van der Waals surface area contributed by atoms with Crippen molar-refractivity contribution in [1.29, 1.82) is 0 Å². The van der Waals surface area contributed by atoms with Crippen LogP contribution in [0, 0.1) is 23.7 Å². The first-order chi connectivity index (χ1) is 10.1. The summed E-state index contributed by atoms with van der Waals surface area (Å²) < 4.78 is 0. The van der Waals surface area contributed by atoms with Gasteiger partial charge in [-0.3, -0.25) is 4.79 Å². The number of aliphatic hydroxyl groups is 1. The summed E-state index contributed by atoms with van der Waals surface area (Å²) in [6, 6.07) is 7.53. The summed E-state index contributed by atoms with van der Waals surface area (Å²) in [6.45, 7) is 4.33. The van der Waals surface area contributed by atoms with Crippen LogP contribution in [0.3, 0.4) is 0 Å². The Bertz CT molecular complexity index is 556. The highest BCUT2D eigenvalue weighted by Gasteiger charge is 2.26. The molecule has 1 aliphatic carbocycles. The van der Waals surface area contributed by atoms with Crippen molar-refractivity contribution in [1.82, 2.24) is 5.32 Å². The largest absolute Gasteiger partial charge is 0.384 e. The SMILES string of the molecule is CC1CCC(NC(=O)c2ccccc2C#CCO)CC1C. The monoisotopic (exact) mass is 285 g/mol. The van der Waals surface area contributed by atoms with Crippen LogP contribution in [-0.2, 0) is 0 Å². The second kappa shape index (κ2) is 7.28. The Kier molecular flexibility index (Phi) is 5.41. The molecule has 0 saturated heterocycles. The van der Waals surface area contributed by atoms with Gasteiger partial charge >= 0.3 is 0 Å². The van der Waals surface area contributed by atoms with Crippen LogP contribution in [0.4, 0.5) is 0 Å². The van der Waals surface area contributed by atoms with Crippen LogP contribution in [0.5, 0.6) is 0 Å². The van der Waals surface area contributed by atoms with Crippen molar-refractivity contribution >= 4 is 5.91 Å². The summed E-state index contributed by atoms with van der Waals surface area (Å²) in [7, 11) is 0. The topological polar surface area (TPSA) is 49.3 Å². The molecule has 2 rings (SSSR count). The fourth-order valence-electron chi connectivity index (χ4n) is 2.87.